The Morgan fingerprint density at radius 3 is 2.31 bits per heavy atom. The first-order valence-corrected chi connectivity index (χ1v) is 4.85. The average Bonchev–Trinajstić information content (AvgIpc) is 2.25. The van der Waals surface area contributed by atoms with Gasteiger partial charge in [0.2, 0.25) is 5.91 Å². The summed E-state index contributed by atoms with van der Waals surface area (Å²) in [5, 5.41) is 0. The number of carbonyl (C=O) groups is 2. The van der Waals surface area contributed by atoms with E-state index in [0.29, 0.717) is 5.56 Å². The second-order valence-corrected chi connectivity index (χ2v) is 3.55. The van der Waals surface area contributed by atoms with Crippen molar-refractivity contribution in [2.75, 3.05) is 19.0 Å². The van der Waals surface area contributed by atoms with E-state index in [1.54, 1.807) is 12.1 Å². The molecule has 0 unspecified atom stereocenters. The van der Waals surface area contributed by atoms with Crippen molar-refractivity contribution in [1.29, 1.82) is 0 Å². The highest BCUT2D eigenvalue weighted by Gasteiger charge is 2.11. The van der Waals surface area contributed by atoms with Gasteiger partial charge in [-0.25, -0.2) is 0 Å². The number of nitrogens with one attached hydrogen (secondary N) is 2. The molecule has 0 bridgehead atoms. The van der Waals surface area contributed by atoms with E-state index in [1.165, 1.54) is 6.92 Å². The molecule has 1 rings (SSSR count). The molecular weight excluding hydrogens is 206 g/mol. The van der Waals surface area contributed by atoms with Crippen molar-refractivity contribution in [3.05, 3.63) is 29.8 Å². The molecule has 2 N–H and O–H groups in total. The molecule has 0 heterocycles. The van der Waals surface area contributed by atoms with Crippen molar-refractivity contribution >= 4 is 17.5 Å². The molecule has 0 atom stereocenters. The second kappa shape index (κ2) is 5.16. The van der Waals surface area contributed by atoms with E-state index in [9.17, 15) is 9.59 Å². The van der Waals surface area contributed by atoms with E-state index in [0.717, 1.165) is 5.69 Å². The number of hydrogen-bond donors (Lipinski definition) is 2. The Bertz CT molecular complexity index is 402. The summed E-state index contributed by atoms with van der Waals surface area (Å²) in [6, 6.07) is 7.16. The minimum atomic E-state index is -0.334. The van der Waals surface area contributed by atoms with Gasteiger partial charge in [0.15, 0.2) is 0 Å². The smallest absolute Gasteiger partial charge is 0.271 e. The normalized spacial score (nSPS) is 9.44. The van der Waals surface area contributed by atoms with Crippen LogP contribution in [0.1, 0.15) is 17.3 Å². The monoisotopic (exact) mass is 221 g/mol. The van der Waals surface area contributed by atoms with Crippen LogP contribution in [0, 0.1) is 0 Å². The van der Waals surface area contributed by atoms with Crippen molar-refractivity contribution in [1.82, 2.24) is 10.9 Å². The predicted molar refractivity (Wildman–Crippen MR) is 62.1 cm³/mol. The van der Waals surface area contributed by atoms with Gasteiger partial charge >= 0.3 is 0 Å². The topological polar surface area (TPSA) is 61.4 Å². The van der Waals surface area contributed by atoms with Gasteiger partial charge < -0.3 is 4.90 Å². The van der Waals surface area contributed by atoms with Gasteiger partial charge in [0.05, 0.1) is 5.56 Å². The summed E-state index contributed by atoms with van der Waals surface area (Å²) >= 11 is 0. The number of nitrogens with zero attached hydrogens (tertiary/aromatic N) is 1. The van der Waals surface area contributed by atoms with Gasteiger partial charge in [-0.15, -0.1) is 0 Å². The summed E-state index contributed by atoms with van der Waals surface area (Å²) in [7, 11) is 3.70. The van der Waals surface area contributed by atoms with Crippen LogP contribution in [0.25, 0.3) is 0 Å². The SMILES string of the molecule is CC(=O)NNC(=O)c1ccccc1N(C)C. The lowest BCUT2D eigenvalue weighted by Gasteiger charge is -2.16. The van der Waals surface area contributed by atoms with Gasteiger partial charge in [-0.1, -0.05) is 12.1 Å². The fourth-order valence-corrected chi connectivity index (χ4v) is 1.27. The number of hydrogen-bond acceptors (Lipinski definition) is 3. The van der Waals surface area contributed by atoms with Crippen LogP contribution in [-0.2, 0) is 4.79 Å². The van der Waals surface area contributed by atoms with Gasteiger partial charge in [0.25, 0.3) is 5.91 Å². The fraction of sp³-hybridized carbons (Fsp3) is 0.273. The first-order chi connectivity index (χ1) is 7.52. The molecule has 1 aromatic carbocycles. The van der Waals surface area contributed by atoms with Crippen LogP contribution >= 0.6 is 0 Å². The third kappa shape index (κ3) is 2.98. The van der Waals surface area contributed by atoms with Crippen LogP contribution in [0.15, 0.2) is 24.3 Å². The quantitative estimate of drug-likeness (QED) is 0.716. The van der Waals surface area contributed by atoms with E-state index in [-0.39, 0.29) is 11.8 Å². The van der Waals surface area contributed by atoms with Gasteiger partial charge in [-0.05, 0) is 12.1 Å². The maximum Gasteiger partial charge on any atom is 0.271 e. The lowest BCUT2D eigenvalue weighted by atomic mass is 10.1. The number of para-hydroxylation sites is 1. The zero-order valence-electron chi connectivity index (χ0n) is 9.57. The zero-order chi connectivity index (χ0) is 12.1. The summed E-state index contributed by atoms with van der Waals surface area (Å²) in [4.78, 5) is 24.2. The molecule has 0 aliphatic carbocycles. The summed E-state index contributed by atoms with van der Waals surface area (Å²) in [6.07, 6.45) is 0. The number of rotatable bonds is 2. The summed E-state index contributed by atoms with van der Waals surface area (Å²) in [6.45, 7) is 1.33. The van der Waals surface area contributed by atoms with Crippen LogP contribution in [-0.4, -0.2) is 25.9 Å². The molecule has 16 heavy (non-hydrogen) atoms. The Balaban J connectivity index is 2.86. The lowest BCUT2D eigenvalue weighted by Crippen LogP contribution is -2.40. The Morgan fingerprint density at radius 2 is 1.75 bits per heavy atom. The molecule has 0 fully saturated rings. The molecule has 2 amide bonds. The van der Waals surface area contributed by atoms with Crippen LogP contribution in [0.5, 0.6) is 0 Å². The fourth-order valence-electron chi connectivity index (χ4n) is 1.27. The number of carbonyl (C=O) groups excluding carboxylic acids is 2. The highest BCUT2D eigenvalue weighted by atomic mass is 16.2. The van der Waals surface area contributed by atoms with Gasteiger partial charge in [0, 0.05) is 26.7 Å². The lowest BCUT2D eigenvalue weighted by molar-refractivity contribution is -0.119. The maximum atomic E-state index is 11.7. The van der Waals surface area contributed by atoms with Crippen molar-refractivity contribution in [2.45, 2.75) is 6.92 Å². The number of anilines is 1. The van der Waals surface area contributed by atoms with Crippen molar-refractivity contribution < 1.29 is 9.59 Å². The molecule has 0 radical (unpaired) electrons. The van der Waals surface area contributed by atoms with Crippen LogP contribution in [0.2, 0.25) is 0 Å². The zero-order valence-corrected chi connectivity index (χ0v) is 9.57. The molecule has 0 spiro atoms. The maximum absolute atomic E-state index is 11.7. The van der Waals surface area contributed by atoms with E-state index < -0.39 is 0 Å². The molecule has 86 valence electrons. The summed E-state index contributed by atoms with van der Waals surface area (Å²) in [5.74, 6) is -0.643. The number of hydrazine groups is 1. The molecular formula is C11H15N3O2. The van der Waals surface area contributed by atoms with Crippen LogP contribution < -0.4 is 15.8 Å². The molecule has 1 aromatic rings. The third-order valence-corrected chi connectivity index (χ3v) is 1.98. The number of amides is 2. The Kier molecular flexibility index (Phi) is 3.88. The van der Waals surface area contributed by atoms with Gasteiger partial charge in [-0.2, -0.15) is 0 Å². The van der Waals surface area contributed by atoms with E-state index >= 15 is 0 Å². The minimum absolute atomic E-state index is 0.310. The van der Waals surface area contributed by atoms with Gasteiger partial charge in [-0.3, -0.25) is 20.4 Å². The first kappa shape index (κ1) is 12.0. The number of benzene rings is 1. The molecule has 0 saturated carbocycles. The van der Waals surface area contributed by atoms with E-state index in [4.69, 9.17) is 0 Å². The Morgan fingerprint density at radius 1 is 1.12 bits per heavy atom. The average molecular weight is 221 g/mol. The molecule has 0 aromatic heterocycles. The molecule has 5 heteroatoms. The molecule has 0 aliphatic rings. The second-order valence-electron chi connectivity index (χ2n) is 3.55. The molecule has 0 saturated heterocycles. The standard InChI is InChI=1S/C11H15N3O2/c1-8(15)12-13-11(16)9-6-4-5-7-10(9)14(2)3/h4-7H,1-3H3,(H,12,15)(H,13,16). The van der Waals surface area contributed by atoms with Crippen LogP contribution in [0.3, 0.4) is 0 Å². The molecule has 0 aliphatic heterocycles. The van der Waals surface area contributed by atoms with Crippen molar-refractivity contribution in [3.63, 3.8) is 0 Å². The third-order valence-electron chi connectivity index (χ3n) is 1.98. The van der Waals surface area contributed by atoms with Gasteiger partial charge in [0.1, 0.15) is 0 Å². The molecule has 5 nitrogen and oxygen atoms in total. The minimum Gasteiger partial charge on any atom is -0.377 e. The Hall–Kier alpha value is -2.04. The van der Waals surface area contributed by atoms with E-state index in [2.05, 4.69) is 10.9 Å². The Labute approximate surface area is 94.4 Å². The van der Waals surface area contributed by atoms with Crippen molar-refractivity contribution in [3.8, 4) is 0 Å². The predicted octanol–water partition coefficient (Wildman–Crippen LogP) is 0.533. The van der Waals surface area contributed by atoms with E-state index in [1.807, 2.05) is 31.1 Å². The van der Waals surface area contributed by atoms with Crippen LogP contribution in [0.4, 0.5) is 5.69 Å². The highest BCUT2D eigenvalue weighted by Crippen LogP contribution is 2.17. The van der Waals surface area contributed by atoms with Crippen molar-refractivity contribution in [2.24, 2.45) is 0 Å². The first-order valence-electron chi connectivity index (χ1n) is 4.85. The largest absolute Gasteiger partial charge is 0.377 e. The summed E-state index contributed by atoms with van der Waals surface area (Å²) in [5.41, 5.74) is 5.89. The summed E-state index contributed by atoms with van der Waals surface area (Å²) < 4.78 is 0. The highest BCUT2D eigenvalue weighted by molar-refractivity contribution is 6.00.